The van der Waals surface area contributed by atoms with E-state index in [2.05, 4.69) is 20.7 Å². The standard InChI is InChI=1S/C25H42F2N4O6/c1-9-10-15-13-31(22(35)19(24(3,4)5)30-23(36)37-8)17(14(15)2)20(33)29-16(11-12-25(6,26)27)18(32)21(34)28-7/h14-17,19H,9-13H2,1-8H3,(H,28,34)(H,29,33)(H,30,36)/t14-,15-,16-,17-,19+/m0/s1. The van der Waals surface area contributed by atoms with Gasteiger partial charge in [-0.3, -0.25) is 19.2 Å². The number of carbonyl (C=O) groups is 5. The van der Waals surface area contributed by atoms with Crippen molar-refractivity contribution in [2.24, 2.45) is 17.3 Å². The minimum atomic E-state index is -3.11. The fraction of sp³-hybridized carbons (Fsp3) is 0.800. The molecule has 37 heavy (non-hydrogen) atoms. The summed E-state index contributed by atoms with van der Waals surface area (Å²) in [5, 5.41) is 7.17. The van der Waals surface area contributed by atoms with E-state index in [9.17, 15) is 32.8 Å². The number of amides is 4. The number of rotatable bonds is 11. The maximum Gasteiger partial charge on any atom is 0.407 e. The molecule has 0 radical (unpaired) electrons. The highest BCUT2D eigenvalue weighted by Gasteiger charge is 2.49. The van der Waals surface area contributed by atoms with Gasteiger partial charge in [0.05, 0.1) is 13.2 Å². The Hall–Kier alpha value is -2.79. The zero-order chi connectivity index (χ0) is 28.7. The van der Waals surface area contributed by atoms with E-state index < -0.39 is 71.9 Å². The van der Waals surface area contributed by atoms with Crippen LogP contribution in [-0.4, -0.2) is 79.2 Å². The summed E-state index contributed by atoms with van der Waals surface area (Å²) < 4.78 is 31.8. The van der Waals surface area contributed by atoms with E-state index in [1.54, 1.807) is 20.8 Å². The molecule has 1 aliphatic heterocycles. The third kappa shape index (κ3) is 8.92. The number of alkyl carbamates (subject to hydrolysis) is 1. The average molecular weight is 533 g/mol. The minimum absolute atomic E-state index is 0.0449. The van der Waals surface area contributed by atoms with Crippen molar-refractivity contribution in [1.82, 2.24) is 20.9 Å². The third-order valence-electron chi connectivity index (χ3n) is 6.74. The van der Waals surface area contributed by atoms with Crippen molar-refractivity contribution in [3.05, 3.63) is 0 Å². The number of alkyl halides is 2. The number of Topliss-reactive ketones (excluding diaryl/α,β-unsaturated/α-hetero) is 1. The Morgan fingerprint density at radius 3 is 2.14 bits per heavy atom. The Morgan fingerprint density at radius 1 is 1.08 bits per heavy atom. The molecule has 4 amide bonds. The second-order valence-electron chi connectivity index (χ2n) is 10.9. The van der Waals surface area contributed by atoms with E-state index in [0.29, 0.717) is 6.92 Å². The molecule has 0 aromatic heterocycles. The van der Waals surface area contributed by atoms with Crippen LogP contribution in [-0.2, 0) is 23.9 Å². The number of ether oxygens (including phenoxy) is 1. The predicted octanol–water partition coefficient (Wildman–Crippen LogP) is 2.26. The summed E-state index contributed by atoms with van der Waals surface area (Å²) in [5.41, 5.74) is -0.733. The van der Waals surface area contributed by atoms with E-state index in [4.69, 9.17) is 0 Å². The lowest BCUT2D eigenvalue weighted by Crippen LogP contribution is -2.59. The van der Waals surface area contributed by atoms with Gasteiger partial charge < -0.3 is 25.6 Å². The fourth-order valence-corrected chi connectivity index (χ4v) is 4.60. The number of nitrogens with zero attached hydrogens (tertiary/aromatic N) is 1. The van der Waals surface area contributed by atoms with Crippen molar-refractivity contribution in [2.75, 3.05) is 20.7 Å². The molecule has 5 atom stereocenters. The molecule has 1 heterocycles. The molecule has 0 aromatic carbocycles. The maximum atomic E-state index is 13.7. The van der Waals surface area contributed by atoms with Crippen molar-refractivity contribution >= 4 is 29.6 Å². The average Bonchev–Trinajstić information content (AvgIpc) is 3.13. The zero-order valence-corrected chi connectivity index (χ0v) is 23.1. The molecule has 0 unspecified atom stereocenters. The normalized spacial score (nSPS) is 21.6. The van der Waals surface area contributed by atoms with E-state index in [1.807, 2.05) is 13.8 Å². The number of likely N-dealkylation sites (N-methyl/N-ethyl adjacent to an activating group) is 1. The van der Waals surface area contributed by atoms with Gasteiger partial charge in [-0.25, -0.2) is 13.6 Å². The van der Waals surface area contributed by atoms with Crippen LogP contribution in [0.25, 0.3) is 0 Å². The summed E-state index contributed by atoms with van der Waals surface area (Å²) in [6, 6.07) is -3.54. The van der Waals surface area contributed by atoms with Gasteiger partial charge in [0.15, 0.2) is 0 Å². The molecule has 0 aliphatic carbocycles. The Bertz CT molecular complexity index is 855. The van der Waals surface area contributed by atoms with Crippen LogP contribution >= 0.6 is 0 Å². The monoisotopic (exact) mass is 532 g/mol. The Morgan fingerprint density at radius 2 is 1.68 bits per heavy atom. The predicted molar refractivity (Wildman–Crippen MR) is 133 cm³/mol. The van der Waals surface area contributed by atoms with Crippen molar-refractivity contribution < 1.29 is 37.5 Å². The molecule has 212 valence electrons. The lowest BCUT2D eigenvalue weighted by atomic mass is 9.85. The van der Waals surface area contributed by atoms with Gasteiger partial charge in [-0.2, -0.15) is 0 Å². The summed E-state index contributed by atoms with van der Waals surface area (Å²) >= 11 is 0. The Labute approximate surface area is 217 Å². The number of ketones is 1. The highest BCUT2D eigenvalue weighted by Crippen LogP contribution is 2.35. The van der Waals surface area contributed by atoms with Gasteiger partial charge >= 0.3 is 6.09 Å². The second-order valence-corrected chi connectivity index (χ2v) is 10.9. The molecule has 1 aliphatic rings. The smallest absolute Gasteiger partial charge is 0.407 e. The lowest BCUT2D eigenvalue weighted by molar-refractivity contribution is -0.144. The molecule has 3 N–H and O–H groups in total. The number of likely N-dealkylation sites (tertiary alicyclic amines) is 1. The van der Waals surface area contributed by atoms with Crippen LogP contribution in [0.1, 0.15) is 67.2 Å². The molecule has 0 saturated carbocycles. The van der Waals surface area contributed by atoms with Gasteiger partial charge in [0, 0.05) is 20.0 Å². The first-order valence-corrected chi connectivity index (χ1v) is 12.6. The molecular formula is C25H42F2N4O6. The fourth-order valence-electron chi connectivity index (χ4n) is 4.60. The van der Waals surface area contributed by atoms with Crippen LogP contribution in [0.3, 0.4) is 0 Å². The number of carbonyl (C=O) groups excluding carboxylic acids is 5. The largest absolute Gasteiger partial charge is 0.453 e. The lowest BCUT2D eigenvalue weighted by Gasteiger charge is -2.36. The van der Waals surface area contributed by atoms with Crippen LogP contribution in [0, 0.1) is 17.3 Å². The van der Waals surface area contributed by atoms with E-state index in [1.165, 1.54) is 19.1 Å². The second kappa shape index (κ2) is 13.1. The maximum absolute atomic E-state index is 13.7. The van der Waals surface area contributed by atoms with Crippen LogP contribution in [0.2, 0.25) is 0 Å². The highest BCUT2D eigenvalue weighted by atomic mass is 19.3. The zero-order valence-electron chi connectivity index (χ0n) is 23.1. The van der Waals surface area contributed by atoms with Crippen molar-refractivity contribution in [3.63, 3.8) is 0 Å². The molecule has 1 saturated heterocycles. The Kier molecular flexibility index (Phi) is 11.4. The summed E-state index contributed by atoms with van der Waals surface area (Å²) in [6.45, 7) is 9.99. The molecule has 0 aromatic rings. The summed E-state index contributed by atoms with van der Waals surface area (Å²) in [5.74, 6) is -6.77. The van der Waals surface area contributed by atoms with Crippen molar-refractivity contribution in [3.8, 4) is 0 Å². The molecular weight excluding hydrogens is 490 g/mol. The molecule has 1 fully saturated rings. The number of methoxy groups -OCH3 is 1. The summed E-state index contributed by atoms with van der Waals surface area (Å²) in [7, 11) is 2.40. The van der Waals surface area contributed by atoms with Gasteiger partial charge in [-0.15, -0.1) is 0 Å². The van der Waals surface area contributed by atoms with E-state index in [-0.39, 0.29) is 18.4 Å². The van der Waals surface area contributed by atoms with Gasteiger partial charge in [-0.1, -0.05) is 41.0 Å². The first-order chi connectivity index (χ1) is 17.0. The van der Waals surface area contributed by atoms with Crippen LogP contribution < -0.4 is 16.0 Å². The van der Waals surface area contributed by atoms with Crippen LogP contribution in [0.4, 0.5) is 13.6 Å². The highest BCUT2D eigenvalue weighted by molar-refractivity contribution is 6.38. The molecule has 1 rings (SSSR count). The third-order valence-corrected chi connectivity index (χ3v) is 6.74. The summed E-state index contributed by atoms with van der Waals surface area (Å²) in [4.78, 5) is 65.2. The topological polar surface area (TPSA) is 134 Å². The minimum Gasteiger partial charge on any atom is -0.453 e. The number of hydrogen-bond acceptors (Lipinski definition) is 6. The summed E-state index contributed by atoms with van der Waals surface area (Å²) in [6.07, 6.45) is -0.455. The first-order valence-electron chi connectivity index (χ1n) is 12.6. The molecule has 10 nitrogen and oxygen atoms in total. The van der Waals surface area contributed by atoms with Crippen molar-refractivity contribution in [1.29, 1.82) is 0 Å². The van der Waals surface area contributed by atoms with Gasteiger partial charge in [0.1, 0.15) is 12.1 Å². The molecule has 0 spiro atoms. The quantitative estimate of drug-likeness (QED) is 0.350. The van der Waals surface area contributed by atoms with Crippen LogP contribution in [0.15, 0.2) is 0 Å². The van der Waals surface area contributed by atoms with E-state index in [0.717, 1.165) is 12.8 Å². The van der Waals surface area contributed by atoms with E-state index >= 15 is 0 Å². The number of nitrogens with one attached hydrogen (secondary N) is 3. The van der Waals surface area contributed by atoms with Crippen LogP contribution in [0.5, 0.6) is 0 Å². The van der Waals surface area contributed by atoms with Gasteiger partial charge in [0.25, 0.3) is 5.91 Å². The van der Waals surface area contributed by atoms with Gasteiger partial charge in [-0.05, 0) is 37.0 Å². The van der Waals surface area contributed by atoms with Gasteiger partial charge in [0.2, 0.25) is 23.5 Å². The first kappa shape index (κ1) is 32.2. The molecule has 0 bridgehead atoms. The number of hydrogen-bond donors (Lipinski definition) is 3. The molecule has 12 heteroatoms. The Balaban J connectivity index is 3.36. The SMILES string of the molecule is CCC[C@H]1CN(C(=O)[C@@H](NC(=O)OC)C(C)(C)C)[C@H](C(=O)N[C@@H](CCC(C)(F)F)C(=O)C(=O)NC)[C@H]1C. The van der Waals surface area contributed by atoms with Crippen molar-refractivity contribution in [2.45, 2.75) is 91.3 Å². The number of halogens is 2.